The van der Waals surface area contributed by atoms with E-state index in [2.05, 4.69) is 16.0 Å². The van der Waals surface area contributed by atoms with Crippen LogP contribution in [0.15, 0.2) is 36.4 Å². The van der Waals surface area contributed by atoms with Crippen LogP contribution in [-0.2, 0) is 9.59 Å². The molecule has 0 saturated carbocycles. The number of aryl methyl sites for hydroxylation is 3. The van der Waals surface area contributed by atoms with Crippen LogP contribution in [0.2, 0.25) is 5.02 Å². The maximum Gasteiger partial charge on any atom is 0.243 e. The van der Waals surface area contributed by atoms with Crippen molar-refractivity contribution in [1.82, 2.24) is 10.6 Å². The summed E-state index contributed by atoms with van der Waals surface area (Å²) in [5, 5.41) is 9.31. The average molecular weight is 388 g/mol. The fourth-order valence-corrected chi connectivity index (χ4v) is 3.04. The van der Waals surface area contributed by atoms with Gasteiger partial charge in [-0.1, -0.05) is 41.4 Å². The Bertz CT molecular complexity index is 796. The third-order valence-electron chi connectivity index (χ3n) is 4.33. The Morgan fingerprint density at radius 1 is 0.963 bits per heavy atom. The monoisotopic (exact) mass is 387 g/mol. The molecule has 6 heteroatoms. The van der Waals surface area contributed by atoms with Crippen LogP contribution in [0.4, 0.5) is 5.69 Å². The normalized spacial score (nSPS) is 11.7. The number of rotatable bonds is 7. The van der Waals surface area contributed by atoms with E-state index in [1.165, 1.54) is 0 Å². The van der Waals surface area contributed by atoms with Crippen molar-refractivity contribution in [3.05, 3.63) is 63.7 Å². The van der Waals surface area contributed by atoms with Crippen molar-refractivity contribution < 1.29 is 9.59 Å². The lowest BCUT2D eigenvalue weighted by molar-refractivity contribution is -0.123. The molecular weight excluding hydrogens is 362 g/mol. The van der Waals surface area contributed by atoms with Crippen molar-refractivity contribution in [3.63, 3.8) is 0 Å². The second-order valence-corrected chi connectivity index (χ2v) is 7.19. The van der Waals surface area contributed by atoms with E-state index in [0.29, 0.717) is 5.02 Å². The number of carbonyl (C=O) groups excluding carboxylic acids is 2. The van der Waals surface area contributed by atoms with Crippen molar-refractivity contribution in [1.29, 1.82) is 0 Å². The van der Waals surface area contributed by atoms with Gasteiger partial charge in [-0.15, -0.1) is 0 Å². The molecule has 2 aromatic carbocycles. The van der Waals surface area contributed by atoms with Gasteiger partial charge in [0.05, 0.1) is 13.1 Å². The lowest BCUT2D eigenvalue weighted by Crippen LogP contribution is -2.39. The standard InChI is InChI=1S/C21H26ClN3O2/c1-13-9-14(2)21(15(3)10-13)25-20(27)12-24-19(26)11-23-16(4)17-5-7-18(22)8-6-17/h5-10,16,23H,11-12H2,1-4H3,(H,24,26)(H,25,27)/t16-/m1/s1. The molecule has 0 saturated heterocycles. The summed E-state index contributed by atoms with van der Waals surface area (Å²) >= 11 is 5.88. The third-order valence-corrected chi connectivity index (χ3v) is 4.58. The van der Waals surface area contributed by atoms with E-state index in [1.54, 1.807) is 0 Å². The molecule has 2 rings (SSSR count). The van der Waals surface area contributed by atoms with E-state index >= 15 is 0 Å². The van der Waals surface area contributed by atoms with E-state index in [9.17, 15) is 9.59 Å². The Balaban J connectivity index is 1.78. The first-order valence-corrected chi connectivity index (χ1v) is 9.27. The zero-order valence-corrected chi connectivity index (χ0v) is 16.9. The molecule has 0 radical (unpaired) electrons. The molecule has 27 heavy (non-hydrogen) atoms. The SMILES string of the molecule is Cc1cc(C)c(NC(=O)CNC(=O)CN[C@H](C)c2ccc(Cl)cc2)c(C)c1. The van der Waals surface area contributed by atoms with E-state index < -0.39 is 0 Å². The first kappa shape index (κ1) is 20.9. The smallest absolute Gasteiger partial charge is 0.243 e. The molecule has 0 bridgehead atoms. The molecule has 2 aromatic rings. The summed E-state index contributed by atoms with van der Waals surface area (Å²) in [6.07, 6.45) is 0. The predicted molar refractivity (Wildman–Crippen MR) is 110 cm³/mol. The summed E-state index contributed by atoms with van der Waals surface area (Å²) in [5.74, 6) is -0.479. The zero-order valence-electron chi connectivity index (χ0n) is 16.2. The number of halogens is 1. The maximum atomic E-state index is 12.1. The fraction of sp³-hybridized carbons (Fsp3) is 0.333. The molecule has 0 spiro atoms. The van der Waals surface area contributed by atoms with Gasteiger partial charge in [-0.05, 0) is 56.5 Å². The zero-order chi connectivity index (χ0) is 20.0. The quantitative estimate of drug-likeness (QED) is 0.678. The van der Waals surface area contributed by atoms with Gasteiger partial charge in [0.25, 0.3) is 0 Å². The predicted octanol–water partition coefficient (Wildman–Crippen LogP) is 3.67. The molecule has 0 unspecified atom stereocenters. The van der Waals surface area contributed by atoms with Gasteiger partial charge in [0.2, 0.25) is 11.8 Å². The van der Waals surface area contributed by atoms with E-state index in [1.807, 2.05) is 64.1 Å². The summed E-state index contributed by atoms with van der Waals surface area (Å²) in [7, 11) is 0. The first-order valence-electron chi connectivity index (χ1n) is 8.89. The number of hydrogen-bond acceptors (Lipinski definition) is 3. The van der Waals surface area contributed by atoms with Gasteiger partial charge in [0.15, 0.2) is 0 Å². The molecule has 144 valence electrons. The molecule has 0 aliphatic carbocycles. The highest BCUT2D eigenvalue weighted by Gasteiger charge is 2.11. The number of anilines is 1. The minimum atomic E-state index is -0.246. The molecule has 0 aromatic heterocycles. The van der Waals surface area contributed by atoms with Gasteiger partial charge >= 0.3 is 0 Å². The van der Waals surface area contributed by atoms with E-state index in [0.717, 1.165) is 27.9 Å². The minimum absolute atomic E-state index is 0.000277. The van der Waals surface area contributed by atoms with Gasteiger partial charge in [0, 0.05) is 16.8 Å². The van der Waals surface area contributed by atoms with Gasteiger partial charge in [-0.3, -0.25) is 9.59 Å². The number of amides is 2. The molecule has 2 amide bonds. The summed E-state index contributed by atoms with van der Waals surface area (Å²) in [5.41, 5.74) is 5.00. The molecular formula is C21H26ClN3O2. The lowest BCUT2D eigenvalue weighted by atomic mass is 10.1. The van der Waals surface area contributed by atoms with Gasteiger partial charge in [0.1, 0.15) is 0 Å². The van der Waals surface area contributed by atoms with Crippen LogP contribution in [0.3, 0.4) is 0 Å². The molecule has 5 nitrogen and oxygen atoms in total. The van der Waals surface area contributed by atoms with Crippen molar-refractivity contribution in [2.24, 2.45) is 0 Å². The number of carbonyl (C=O) groups is 2. The second kappa shape index (κ2) is 9.53. The second-order valence-electron chi connectivity index (χ2n) is 6.75. The average Bonchev–Trinajstić information content (AvgIpc) is 2.61. The van der Waals surface area contributed by atoms with Gasteiger partial charge in [-0.2, -0.15) is 0 Å². The Hall–Kier alpha value is -2.37. The Labute approximate surface area is 165 Å². The van der Waals surface area contributed by atoms with Crippen LogP contribution in [0.1, 0.15) is 35.2 Å². The molecule has 3 N–H and O–H groups in total. The fourth-order valence-electron chi connectivity index (χ4n) is 2.92. The number of nitrogens with one attached hydrogen (secondary N) is 3. The van der Waals surface area contributed by atoms with E-state index in [4.69, 9.17) is 11.6 Å². The highest BCUT2D eigenvalue weighted by atomic mass is 35.5. The molecule has 0 fully saturated rings. The third kappa shape index (κ3) is 6.38. The Morgan fingerprint density at radius 3 is 2.15 bits per heavy atom. The van der Waals surface area contributed by atoms with Crippen LogP contribution in [0.25, 0.3) is 0 Å². The molecule has 0 aliphatic heterocycles. The first-order chi connectivity index (χ1) is 12.8. The van der Waals surface area contributed by atoms with E-state index in [-0.39, 0.29) is 30.9 Å². The van der Waals surface area contributed by atoms with Crippen molar-refractivity contribution in [2.45, 2.75) is 33.7 Å². The summed E-state index contributed by atoms with van der Waals surface area (Å²) in [4.78, 5) is 24.1. The Kier molecular flexibility index (Phi) is 7.39. The number of hydrogen-bond donors (Lipinski definition) is 3. The summed E-state index contributed by atoms with van der Waals surface area (Å²) in [6, 6.07) is 11.5. The molecule has 1 atom stereocenters. The lowest BCUT2D eigenvalue weighted by Gasteiger charge is -2.15. The summed E-state index contributed by atoms with van der Waals surface area (Å²) in [6.45, 7) is 7.95. The van der Waals surface area contributed by atoms with Crippen LogP contribution in [0, 0.1) is 20.8 Å². The maximum absolute atomic E-state index is 12.1. The number of benzene rings is 2. The summed E-state index contributed by atoms with van der Waals surface area (Å²) < 4.78 is 0. The highest BCUT2D eigenvalue weighted by Crippen LogP contribution is 2.21. The van der Waals surface area contributed by atoms with Crippen LogP contribution in [-0.4, -0.2) is 24.9 Å². The van der Waals surface area contributed by atoms with Crippen LogP contribution >= 0.6 is 11.6 Å². The largest absolute Gasteiger partial charge is 0.346 e. The van der Waals surface area contributed by atoms with Crippen molar-refractivity contribution in [3.8, 4) is 0 Å². The van der Waals surface area contributed by atoms with Gasteiger partial charge in [-0.25, -0.2) is 0 Å². The Morgan fingerprint density at radius 2 is 1.56 bits per heavy atom. The van der Waals surface area contributed by atoms with Gasteiger partial charge < -0.3 is 16.0 Å². The molecule has 0 heterocycles. The van der Waals surface area contributed by atoms with Crippen LogP contribution in [0.5, 0.6) is 0 Å². The molecule has 0 aliphatic rings. The van der Waals surface area contributed by atoms with Crippen LogP contribution < -0.4 is 16.0 Å². The van der Waals surface area contributed by atoms with Crippen molar-refractivity contribution >= 4 is 29.1 Å². The topological polar surface area (TPSA) is 70.2 Å². The van der Waals surface area contributed by atoms with Crippen molar-refractivity contribution in [2.75, 3.05) is 18.4 Å². The minimum Gasteiger partial charge on any atom is -0.346 e. The highest BCUT2D eigenvalue weighted by molar-refractivity contribution is 6.30.